The highest BCUT2D eigenvalue weighted by Crippen LogP contribution is 2.29. The van der Waals surface area contributed by atoms with Crippen molar-refractivity contribution in [3.8, 4) is 6.07 Å². The molecule has 7 heteroatoms. The van der Waals surface area contributed by atoms with Crippen molar-refractivity contribution in [2.75, 3.05) is 0 Å². The number of nitriles is 1. The fraction of sp³-hybridized carbons (Fsp3) is 0.0952. The van der Waals surface area contributed by atoms with Crippen molar-refractivity contribution in [2.45, 2.75) is 13.0 Å². The quantitative estimate of drug-likeness (QED) is 0.636. The molecule has 1 aromatic heterocycles. The molecular formula is C21H14Cl2FN3O. The van der Waals surface area contributed by atoms with Crippen LogP contribution >= 0.6 is 23.2 Å². The number of benzene rings is 2. The highest BCUT2D eigenvalue weighted by atomic mass is 35.5. The normalized spacial score (nSPS) is 11.5. The summed E-state index contributed by atoms with van der Waals surface area (Å²) < 4.78 is 14.0. The summed E-state index contributed by atoms with van der Waals surface area (Å²) in [5, 5.41) is 12.2. The smallest absolute Gasteiger partial charge is 0.252 e. The first kappa shape index (κ1) is 19.8. The van der Waals surface area contributed by atoms with E-state index in [0.717, 1.165) is 0 Å². The van der Waals surface area contributed by atoms with Crippen LogP contribution in [0.5, 0.6) is 0 Å². The third kappa shape index (κ3) is 4.14. The summed E-state index contributed by atoms with van der Waals surface area (Å²) in [5.41, 5.74) is 2.36. The van der Waals surface area contributed by atoms with Gasteiger partial charge in [0.1, 0.15) is 5.82 Å². The van der Waals surface area contributed by atoms with Crippen LogP contribution in [-0.4, -0.2) is 10.9 Å². The molecule has 0 radical (unpaired) electrons. The molecule has 1 atom stereocenters. The lowest BCUT2D eigenvalue weighted by atomic mass is 10.0. The molecule has 3 aromatic rings. The molecule has 0 fully saturated rings. The minimum absolute atomic E-state index is 0.0244. The van der Waals surface area contributed by atoms with Crippen LogP contribution in [0.15, 0.2) is 54.7 Å². The lowest BCUT2D eigenvalue weighted by Gasteiger charge is -2.20. The van der Waals surface area contributed by atoms with Crippen molar-refractivity contribution in [1.29, 1.82) is 5.26 Å². The van der Waals surface area contributed by atoms with Gasteiger partial charge in [0.05, 0.1) is 33.4 Å². The predicted molar refractivity (Wildman–Crippen MR) is 106 cm³/mol. The van der Waals surface area contributed by atoms with Crippen LogP contribution in [0.4, 0.5) is 4.39 Å². The van der Waals surface area contributed by atoms with Gasteiger partial charge in [-0.15, -0.1) is 0 Å². The monoisotopic (exact) mass is 413 g/mol. The van der Waals surface area contributed by atoms with E-state index in [1.165, 1.54) is 12.1 Å². The Hall–Kier alpha value is -2.94. The predicted octanol–water partition coefficient (Wildman–Crippen LogP) is 5.23. The highest BCUT2D eigenvalue weighted by molar-refractivity contribution is 6.31. The molecule has 2 aromatic carbocycles. The lowest BCUT2D eigenvalue weighted by molar-refractivity contribution is 0.0942. The number of nitrogens with one attached hydrogen (secondary N) is 1. The Kier molecular flexibility index (Phi) is 5.93. The molecule has 3 rings (SSSR count). The molecule has 0 saturated carbocycles. The van der Waals surface area contributed by atoms with E-state index in [0.29, 0.717) is 33.0 Å². The first-order chi connectivity index (χ1) is 13.4. The van der Waals surface area contributed by atoms with E-state index in [4.69, 9.17) is 28.5 Å². The number of halogens is 3. The van der Waals surface area contributed by atoms with Gasteiger partial charge in [-0.3, -0.25) is 9.78 Å². The zero-order valence-electron chi connectivity index (χ0n) is 14.7. The van der Waals surface area contributed by atoms with Gasteiger partial charge in [0.15, 0.2) is 0 Å². The minimum Gasteiger partial charge on any atom is -0.339 e. The summed E-state index contributed by atoms with van der Waals surface area (Å²) in [6.45, 7) is 1.75. The van der Waals surface area contributed by atoms with Crippen LogP contribution in [0.2, 0.25) is 10.0 Å². The summed E-state index contributed by atoms with van der Waals surface area (Å²) in [4.78, 5) is 17.1. The van der Waals surface area contributed by atoms with E-state index in [9.17, 15) is 9.18 Å². The summed E-state index contributed by atoms with van der Waals surface area (Å²) in [7, 11) is 0. The molecule has 1 N–H and O–H groups in total. The number of hydrogen-bond donors (Lipinski definition) is 1. The number of aryl methyl sites for hydroxylation is 1. The molecule has 1 unspecified atom stereocenters. The maximum Gasteiger partial charge on any atom is 0.252 e. The van der Waals surface area contributed by atoms with Gasteiger partial charge in [0.2, 0.25) is 0 Å². The van der Waals surface area contributed by atoms with Gasteiger partial charge in [0.25, 0.3) is 5.91 Å². The Morgan fingerprint density at radius 3 is 2.61 bits per heavy atom. The molecule has 0 spiro atoms. The zero-order chi connectivity index (χ0) is 20.3. The van der Waals surface area contributed by atoms with Crippen LogP contribution in [0.1, 0.15) is 38.8 Å². The Balaban J connectivity index is 2.01. The largest absolute Gasteiger partial charge is 0.339 e. The number of rotatable bonds is 4. The number of nitrogens with zero attached hydrogens (tertiary/aromatic N) is 2. The van der Waals surface area contributed by atoms with Crippen molar-refractivity contribution in [3.63, 3.8) is 0 Å². The summed E-state index contributed by atoms with van der Waals surface area (Å²) >= 11 is 12.0. The van der Waals surface area contributed by atoms with Crippen LogP contribution in [-0.2, 0) is 0 Å². The zero-order valence-corrected chi connectivity index (χ0v) is 16.2. The Labute approximate surface area is 171 Å². The molecule has 28 heavy (non-hydrogen) atoms. The number of pyridine rings is 1. The second-order valence-electron chi connectivity index (χ2n) is 6.09. The molecule has 0 aliphatic rings. The molecule has 0 aliphatic heterocycles. The minimum atomic E-state index is -0.788. The second-order valence-corrected chi connectivity index (χ2v) is 6.91. The third-order valence-corrected chi connectivity index (χ3v) is 4.85. The average Bonchev–Trinajstić information content (AvgIpc) is 2.68. The van der Waals surface area contributed by atoms with Crippen LogP contribution in [0.25, 0.3) is 0 Å². The number of hydrogen-bond acceptors (Lipinski definition) is 3. The molecule has 1 heterocycles. The summed E-state index contributed by atoms with van der Waals surface area (Å²) in [5.74, 6) is -1.02. The van der Waals surface area contributed by atoms with Gasteiger partial charge >= 0.3 is 0 Å². The fourth-order valence-corrected chi connectivity index (χ4v) is 3.10. The molecule has 0 saturated heterocycles. The highest BCUT2D eigenvalue weighted by Gasteiger charge is 2.22. The molecule has 4 nitrogen and oxygen atoms in total. The van der Waals surface area contributed by atoms with Gasteiger partial charge in [-0.05, 0) is 60.5 Å². The molecule has 1 amide bonds. The molecule has 0 aliphatic carbocycles. The van der Waals surface area contributed by atoms with Crippen molar-refractivity contribution < 1.29 is 9.18 Å². The summed E-state index contributed by atoms with van der Waals surface area (Å²) in [6, 6.07) is 13.6. The van der Waals surface area contributed by atoms with Gasteiger partial charge in [-0.25, -0.2) is 4.39 Å². The van der Waals surface area contributed by atoms with E-state index >= 15 is 0 Å². The van der Waals surface area contributed by atoms with Gasteiger partial charge < -0.3 is 5.32 Å². The molecule has 0 bridgehead atoms. The Bertz CT molecular complexity index is 1100. The van der Waals surface area contributed by atoms with Crippen molar-refractivity contribution >= 4 is 29.1 Å². The van der Waals surface area contributed by atoms with Crippen molar-refractivity contribution in [2.24, 2.45) is 0 Å². The number of amides is 1. The lowest BCUT2D eigenvalue weighted by Crippen LogP contribution is -2.30. The van der Waals surface area contributed by atoms with Crippen molar-refractivity contribution in [3.05, 3.63) is 98.5 Å². The molecular weight excluding hydrogens is 400 g/mol. The fourth-order valence-electron chi connectivity index (χ4n) is 2.76. The van der Waals surface area contributed by atoms with E-state index < -0.39 is 17.8 Å². The van der Waals surface area contributed by atoms with Crippen LogP contribution < -0.4 is 5.32 Å². The van der Waals surface area contributed by atoms with Crippen LogP contribution in [0.3, 0.4) is 0 Å². The van der Waals surface area contributed by atoms with Gasteiger partial charge in [-0.2, -0.15) is 5.26 Å². The first-order valence-electron chi connectivity index (χ1n) is 8.27. The third-order valence-electron chi connectivity index (χ3n) is 4.22. The van der Waals surface area contributed by atoms with Gasteiger partial charge in [0, 0.05) is 11.8 Å². The Morgan fingerprint density at radius 1 is 1.18 bits per heavy atom. The van der Waals surface area contributed by atoms with E-state index in [1.807, 2.05) is 0 Å². The van der Waals surface area contributed by atoms with Crippen molar-refractivity contribution in [1.82, 2.24) is 10.3 Å². The van der Waals surface area contributed by atoms with E-state index in [1.54, 1.807) is 49.5 Å². The summed E-state index contributed by atoms with van der Waals surface area (Å²) in [6.07, 6.45) is 1.54. The van der Waals surface area contributed by atoms with E-state index in [2.05, 4.69) is 16.4 Å². The van der Waals surface area contributed by atoms with Crippen LogP contribution in [0, 0.1) is 24.1 Å². The maximum absolute atomic E-state index is 14.0. The maximum atomic E-state index is 14.0. The number of carbonyl (C=O) groups excluding carboxylic acids is 1. The number of aromatic nitrogens is 1. The van der Waals surface area contributed by atoms with E-state index in [-0.39, 0.29) is 5.02 Å². The average molecular weight is 414 g/mol. The topological polar surface area (TPSA) is 65.8 Å². The van der Waals surface area contributed by atoms with Gasteiger partial charge in [-0.1, -0.05) is 29.3 Å². The first-order valence-corrected chi connectivity index (χ1v) is 9.03. The standard InChI is InChI=1S/C21H14Cl2FN3O/c1-12-9-14(4-5-15(12)11-25)21(28)27-19(20-17(23)3-2-8-26-20)13-6-7-16(22)18(24)10-13/h2-10,19H,1H3,(H,27,28). The second kappa shape index (κ2) is 8.39. The Morgan fingerprint density at radius 2 is 1.96 bits per heavy atom. The molecule has 140 valence electrons. The number of carbonyl (C=O) groups is 1. The SMILES string of the molecule is Cc1cc(C(=O)NC(c2ccc(Cl)c(F)c2)c2ncccc2Cl)ccc1C#N.